The van der Waals surface area contributed by atoms with Gasteiger partial charge in [-0.25, -0.2) is 0 Å². The van der Waals surface area contributed by atoms with Crippen molar-refractivity contribution in [2.45, 2.75) is 219 Å². The number of amides is 2. The Labute approximate surface area is 299 Å². The molecule has 0 bridgehead atoms. The van der Waals surface area contributed by atoms with E-state index in [0.717, 1.165) is 38.5 Å². The Bertz CT molecular complexity index is 769. The van der Waals surface area contributed by atoms with Crippen LogP contribution in [0.15, 0.2) is 12.2 Å². The van der Waals surface area contributed by atoms with Crippen LogP contribution in [0.1, 0.15) is 213 Å². The van der Waals surface area contributed by atoms with Gasteiger partial charge in [0, 0.05) is 33.0 Å². The second-order valence-corrected chi connectivity index (χ2v) is 14.4. The SMILES string of the molecule is CCCCCCCC/C=C/CCCCCCCC(=O)NC(CCN(C)C(=N)CC)C(=O)NCCCCCCCCCCCCCCCC. The molecule has 0 saturated carbocycles. The Morgan fingerprint density at radius 2 is 1.02 bits per heavy atom. The van der Waals surface area contributed by atoms with Gasteiger partial charge in [-0.3, -0.25) is 15.0 Å². The Hall–Kier alpha value is -1.85. The largest absolute Gasteiger partial charge is 0.364 e. The maximum atomic E-state index is 13.1. The molecule has 1 atom stereocenters. The minimum absolute atomic E-state index is 0.0301. The summed E-state index contributed by atoms with van der Waals surface area (Å²) in [5, 5.41) is 14.2. The van der Waals surface area contributed by atoms with E-state index in [9.17, 15) is 9.59 Å². The van der Waals surface area contributed by atoms with Gasteiger partial charge in [0.1, 0.15) is 6.04 Å². The lowest BCUT2D eigenvalue weighted by Gasteiger charge is -2.23. The van der Waals surface area contributed by atoms with E-state index in [-0.39, 0.29) is 11.8 Å². The van der Waals surface area contributed by atoms with E-state index >= 15 is 0 Å². The van der Waals surface area contributed by atoms with Crippen molar-refractivity contribution in [2.24, 2.45) is 0 Å². The van der Waals surface area contributed by atoms with Crippen LogP contribution in [0.4, 0.5) is 0 Å². The molecule has 0 heterocycles. The van der Waals surface area contributed by atoms with Crippen LogP contribution in [-0.4, -0.2) is 48.7 Å². The van der Waals surface area contributed by atoms with Gasteiger partial charge in [0.25, 0.3) is 0 Å². The number of carbonyl (C=O) groups excluding carboxylic acids is 2. The number of nitrogens with one attached hydrogen (secondary N) is 3. The lowest BCUT2D eigenvalue weighted by atomic mass is 10.0. The predicted molar refractivity (Wildman–Crippen MR) is 210 cm³/mol. The van der Waals surface area contributed by atoms with Gasteiger partial charge in [0.15, 0.2) is 0 Å². The summed E-state index contributed by atoms with van der Waals surface area (Å²) in [6, 6.07) is -0.542. The fourth-order valence-electron chi connectivity index (χ4n) is 6.27. The third-order valence-electron chi connectivity index (χ3n) is 9.70. The molecule has 0 aromatic heterocycles. The second-order valence-electron chi connectivity index (χ2n) is 14.4. The van der Waals surface area contributed by atoms with Gasteiger partial charge in [0.05, 0.1) is 5.84 Å². The van der Waals surface area contributed by atoms with Gasteiger partial charge >= 0.3 is 0 Å². The molecule has 0 aliphatic rings. The average molecular weight is 675 g/mol. The highest BCUT2D eigenvalue weighted by molar-refractivity contribution is 5.87. The van der Waals surface area contributed by atoms with E-state index in [2.05, 4.69) is 36.6 Å². The fraction of sp³-hybridized carbons (Fsp3) is 0.881. The smallest absolute Gasteiger partial charge is 0.242 e. The molecule has 1 unspecified atom stereocenters. The van der Waals surface area contributed by atoms with Crippen molar-refractivity contribution in [3.63, 3.8) is 0 Å². The number of allylic oxidation sites excluding steroid dienone is 2. The first-order valence-electron chi connectivity index (χ1n) is 21.0. The summed E-state index contributed by atoms with van der Waals surface area (Å²) in [5.41, 5.74) is 0. The maximum absolute atomic E-state index is 13.1. The molecule has 0 rings (SSSR count). The van der Waals surface area contributed by atoms with Gasteiger partial charge < -0.3 is 15.5 Å². The summed E-state index contributed by atoms with van der Waals surface area (Å²) in [7, 11) is 1.89. The number of amidine groups is 1. The average Bonchev–Trinajstić information content (AvgIpc) is 3.09. The molecular weight excluding hydrogens is 592 g/mol. The van der Waals surface area contributed by atoms with E-state index in [1.54, 1.807) is 0 Å². The molecule has 6 heteroatoms. The first kappa shape index (κ1) is 46.1. The summed E-state index contributed by atoms with van der Waals surface area (Å²) in [5.74, 6) is 0.438. The molecule has 282 valence electrons. The zero-order valence-electron chi connectivity index (χ0n) is 32.6. The van der Waals surface area contributed by atoms with Crippen LogP contribution in [0.3, 0.4) is 0 Å². The lowest BCUT2D eigenvalue weighted by molar-refractivity contribution is -0.129. The zero-order chi connectivity index (χ0) is 35.3. The number of hydrogen-bond acceptors (Lipinski definition) is 3. The van der Waals surface area contributed by atoms with Gasteiger partial charge in [-0.1, -0.05) is 168 Å². The molecule has 0 aliphatic heterocycles. The standard InChI is InChI=1S/C42H82N4O2/c1-5-8-10-12-14-16-18-20-22-23-25-27-29-31-33-35-41(47)45-39(36-38-46(4)40(43)7-3)42(48)44-37-34-32-30-28-26-24-21-19-17-15-13-11-9-6-2/h20,22,39,43H,5-19,21,23-38H2,1-4H3,(H,44,48)(H,45,47)/b22-20+,43-40?. The topological polar surface area (TPSA) is 85.3 Å². The van der Waals surface area contributed by atoms with E-state index in [4.69, 9.17) is 5.41 Å². The molecule has 0 aliphatic carbocycles. The first-order valence-corrected chi connectivity index (χ1v) is 21.0. The molecule has 3 N–H and O–H groups in total. The van der Waals surface area contributed by atoms with E-state index in [0.29, 0.717) is 38.2 Å². The molecule has 6 nitrogen and oxygen atoms in total. The molecule has 2 amide bonds. The van der Waals surface area contributed by atoms with Gasteiger partial charge in [0.2, 0.25) is 11.8 Å². The summed E-state index contributed by atoms with van der Waals surface area (Å²) >= 11 is 0. The van der Waals surface area contributed by atoms with Crippen molar-refractivity contribution in [1.29, 1.82) is 5.41 Å². The number of unbranched alkanes of at least 4 members (excludes halogenated alkanes) is 24. The highest BCUT2D eigenvalue weighted by Gasteiger charge is 2.21. The van der Waals surface area contributed by atoms with Crippen molar-refractivity contribution in [2.75, 3.05) is 20.1 Å². The summed E-state index contributed by atoms with van der Waals surface area (Å²) in [4.78, 5) is 27.7. The van der Waals surface area contributed by atoms with Crippen LogP contribution < -0.4 is 10.6 Å². The van der Waals surface area contributed by atoms with E-state index in [1.807, 2.05) is 18.9 Å². The second kappa shape index (κ2) is 36.4. The molecular formula is C42H82N4O2. The summed E-state index contributed by atoms with van der Waals surface area (Å²) in [6.07, 6.45) is 40.9. The molecule has 0 aromatic rings. The van der Waals surface area contributed by atoms with Crippen LogP contribution in [-0.2, 0) is 9.59 Å². The van der Waals surface area contributed by atoms with Crippen LogP contribution in [0, 0.1) is 5.41 Å². The number of carbonyl (C=O) groups is 2. The minimum Gasteiger partial charge on any atom is -0.364 e. The molecule has 0 fully saturated rings. The Morgan fingerprint density at radius 3 is 1.48 bits per heavy atom. The van der Waals surface area contributed by atoms with Crippen molar-refractivity contribution >= 4 is 17.6 Å². The third-order valence-corrected chi connectivity index (χ3v) is 9.70. The van der Waals surface area contributed by atoms with Crippen LogP contribution >= 0.6 is 0 Å². The quantitative estimate of drug-likeness (QED) is 0.0267. The van der Waals surface area contributed by atoms with Gasteiger partial charge in [-0.2, -0.15) is 0 Å². The highest BCUT2D eigenvalue weighted by atomic mass is 16.2. The van der Waals surface area contributed by atoms with E-state index < -0.39 is 6.04 Å². The predicted octanol–water partition coefficient (Wildman–Crippen LogP) is 11.8. The molecule has 0 radical (unpaired) electrons. The Kier molecular flexibility index (Phi) is 35.0. The Morgan fingerprint density at radius 1 is 0.604 bits per heavy atom. The van der Waals surface area contributed by atoms with Crippen molar-refractivity contribution in [3.8, 4) is 0 Å². The number of rotatable bonds is 36. The van der Waals surface area contributed by atoms with Crippen molar-refractivity contribution in [3.05, 3.63) is 12.2 Å². The lowest BCUT2D eigenvalue weighted by Crippen LogP contribution is -2.48. The summed E-state index contributed by atoms with van der Waals surface area (Å²) < 4.78 is 0. The van der Waals surface area contributed by atoms with Crippen LogP contribution in [0.2, 0.25) is 0 Å². The monoisotopic (exact) mass is 675 g/mol. The molecule has 0 spiro atoms. The Balaban J connectivity index is 4.12. The van der Waals surface area contributed by atoms with Crippen LogP contribution in [0.5, 0.6) is 0 Å². The zero-order valence-corrected chi connectivity index (χ0v) is 32.6. The van der Waals surface area contributed by atoms with Crippen LogP contribution in [0.25, 0.3) is 0 Å². The minimum atomic E-state index is -0.542. The maximum Gasteiger partial charge on any atom is 0.242 e. The first-order chi connectivity index (χ1) is 23.5. The van der Waals surface area contributed by atoms with E-state index in [1.165, 1.54) is 135 Å². The molecule has 48 heavy (non-hydrogen) atoms. The number of nitrogens with zero attached hydrogens (tertiary/aromatic N) is 1. The van der Waals surface area contributed by atoms with Gasteiger partial charge in [-0.05, 0) is 44.9 Å². The van der Waals surface area contributed by atoms with Crippen molar-refractivity contribution in [1.82, 2.24) is 15.5 Å². The molecule has 0 saturated heterocycles. The van der Waals surface area contributed by atoms with Crippen molar-refractivity contribution < 1.29 is 9.59 Å². The summed E-state index contributed by atoms with van der Waals surface area (Å²) in [6.45, 7) is 7.76. The normalized spacial score (nSPS) is 12.0. The fourth-order valence-corrected chi connectivity index (χ4v) is 6.27. The highest BCUT2D eigenvalue weighted by Crippen LogP contribution is 2.13. The van der Waals surface area contributed by atoms with Gasteiger partial charge in [-0.15, -0.1) is 0 Å². The molecule has 0 aromatic carbocycles. The number of hydrogen-bond donors (Lipinski definition) is 3. The third kappa shape index (κ3) is 31.4.